The Hall–Kier alpha value is -2.38. The van der Waals surface area contributed by atoms with Gasteiger partial charge in [0.25, 0.3) is 5.56 Å². The molecule has 2 rings (SSSR count). The first-order valence-electron chi connectivity index (χ1n) is 5.36. The number of hydrogen-bond acceptors (Lipinski definition) is 5. The van der Waals surface area contributed by atoms with E-state index in [-0.39, 0.29) is 5.82 Å². The molecule has 2 aromatic heterocycles. The van der Waals surface area contributed by atoms with E-state index < -0.39 is 11.2 Å². The van der Waals surface area contributed by atoms with Crippen LogP contribution in [0.1, 0.15) is 5.69 Å². The Morgan fingerprint density at radius 2 is 1.94 bits per heavy atom. The topological polar surface area (TPSA) is 86.7 Å². The maximum absolute atomic E-state index is 11.8. The zero-order valence-electron chi connectivity index (χ0n) is 10.4. The second kappa shape index (κ2) is 4.47. The lowest BCUT2D eigenvalue weighted by Crippen LogP contribution is -2.40. The van der Waals surface area contributed by atoms with Crippen molar-refractivity contribution in [1.82, 2.24) is 24.1 Å². The van der Waals surface area contributed by atoms with Crippen LogP contribution in [-0.4, -0.2) is 24.1 Å². The summed E-state index contributed by atoms with van der Waals surface area (Å²) in [6.45, 7) is 0.414. The normalized spacial score (nSPS) is 10.6. The molecular weight excluding hydrogens is 236 g/mol. The Balaban J connectivity index is 2.28. The molecule has 8 nitrogen and oxygen atoms in total. The van der Waals surface area contributed by atoms with Crippen molar-refractivity contribution in [2.45, 2.75) is 6.54 Å². The first-order chi connectivity index (χ1) is 8.50. The van der Waals surface area contributed by atoms with Gasteiger partial charge in [-0.05, 0) is 6.07 Å². The minimum Gasteiger partial charge on any atom is -0.358 e. The third kappa shape index (κ3) is 2.04. The molecule has 0 aliphatic rings. The maximum atomic E-state index is 11.8. The number of nitrogens with one attached hydrogen (secondary N) is 1. The van der Waals surface area contributed by atoms with Crippen LogP contribution >= 0.6 is 0 Å². The van der Waals surface area contributed by atoms with E-state index in [1.165, 1.54) is 14.1 Å². The summed E-state index contributed by atoms with van der Waals surface area (Å²) in [5, 5.41) is 10.8. The number of aryl methyl sites for hydroxylation is 2. The van der Waals surface area contributed by atoms with Crippen LogP contribution in [0.25, 0.3) is 0 Å². The Kier molecular flexibility index (Phi) is 3.00. The van der Waals surface area contributed by atoms with Crippen molar-refractivity contribution in [2.24, 2.45) is 21.1 Å². The van der Waals surface area contributed by atoms with Crippen molar-refractivity contribution in [3.63, 3.8) is 0 Å². The van der Waals surface area contributed by atoms with Crippen LogP contribution in [0, 0.1) is 0 Å². The monoisotopic (exact) mass is 250 g/mol. The zero-order valence-corrected chi connectivity index (χ0v) is 10.4. The third-order valence-electron chi connectivity index (χ3n) is 2.68. The Labute approximate surface area is 102 Å². The summed E-state index contributed by atoms with van der Waals surface area (Å²) >= 11 is 0. The molecule has 0 bridgehead atoms. The molecule has 0 aliphatic heterocycles. The Morgan fingerprint density at radius 1 is 1.22 bits per heavy atom. The van der Waals surface area contributed by atoms with Gasteiger partial charge < -0.3 is 5.32 Å². The lowest BCUT2D eigenvalue weighted by molar-refractivity contribution is 0.603. The van der Waals surface area contributed by atoms with E-state index in [0.29, 0.717) is 6.54 Å². The highest BCUT2D eigenvalue weighted by atomic mass is 16.2. The van der Waals surface area contributed by atoms with E-state index in [2.05, 4.69) is 15.5 Å². The van der Waals surface area contributed by atoms with Gasteiger partial charge >= 0.3 is 5.69 Å². The highest BCUT2D eigenvalue weighted by Gasteiger charge is 2.08. The van der Waals surface area contributed by atoms with E-state index in [4.69, 9.17) is 0 Å². The molecule has 8 heteroatoms. The molecule has 0 spiro atoms. The summed E-state index contributed by atoms with van der Waals surface area (Å²) in [4.78, 5) is 23.2. The molecule has 1 N–H and O–H groups in total. The van der Waals surface area contributed by atoms with E-state index in [1.807, 2.05) is 13.1 Å². The highest BCUT2D eigenvalue weighted by molar-refractivity contribution is 5.30. The molecule has 0 fully saturated rings. The van der Waals surface area contributed by atoms with Crippen LogP contribution in [0.5, 0.6) is 0 Å². The van der Waals surface area contributed by atoms with Gasteiger partial charge in [-0.25, -0.2) is 9.48 Å². The van der Waals surface area contributed by atoms with Gasteiger partial charge in [-0.3, -0.25) is 14.0 Å². The molecule has 0 atom stereocenters. The lowest BCUT2D eigenvalue weighted by Gasteiger charge is -2.07. The van der Waals surface area contributed by atoms with E-state index in [1.54, 1.807) is 10.9 Å². The van der Waals surface area contributed by atoms with Crippen molar-refractivity contribution in [3.8, 4) is 0 Å². The summed E-state index contributed by atoms with van der Waals surface area (Å²) in [6, 6.07) is 1.83. The van der Waals surface area contributed by atoms with Crippen molar-refractivity contribution >= 4 is 5.82 Å². The van der Waals surface area contributed by atoms with Gasteiger partial charge in [-0.15, -0.1) is 5.10 Å². The van der Waals surface area contributed by atoms with E-state index in [0.717, 1.165) is 14.9 Å². The van der Waals surface area contributed by atoms with Gasteiger partial charge in [0.15, 0.2) is 0 Å². The van der Waals surface area contributed by atoms with Crippen molar-refractivity contribution < 1.29 is 0 Å². The summed E-state index contributed by atoms with van der Waals surface area (Å²) in [6.07, 6.45) is 1.67. The second-order valence-corrected chi connectivity index (χ2v) is 3.92. The van der Waals surface area contributed by atoms with E-state index >= 15 is 0 Å². The zero-order chi connectivity index (χ0) is 13.3. The lowest BCUT2D eigenvalue weighted by atomic mass is 10.4. The Morgan fingerprint density at radius 3 is 2.56 bits per heavy atom. The van der Waals surface area contributed by atoms with Crippen LogP contribution in [0.3, 0.4) is 0 Å². The SMILES string of the molecule is Cn1nccc1CNc1nn(C)c(=O)n(C)c1=O. The molecule has 0 saturated carbocycles. The van der Waals surface area contributed by atoms with Gasteiger partial charge in [0.2, 0.25) is 5.82 Å². The molecule has 2 heterocycles. The predicted molar refractivity (Wildman–Crippen MR) is 65.3 cm³/mol. The maximum Gasteiger partial charge on any atom is 0.346 e. The first-order valence-corrected chi connectivity index (χ1v) is 5.36. The molecule has 0 saturated heterocycles. The van der Waals surface area contributed by atoms with Crippen molar-refractivity contribution in [3.05, 3.63) is 38.8 Å². The predicted octanol–water partition coefficient (Wildman–Crippen LogP) is -1.18. The summed E-state index contributed by atoms with van der Waals surface area (Å²) in [5.74, 6) is 0.140. The number of hydrogen-bond donors (Lipinski definition) is 1. The summed E-state index contributed by atoms with van der Waals surface area (Å²) in [5.41, 5.74) is 0.0130. The van der Waals surface area contributed by atoms with Crippen LogP contribution in [-0.2, 0) is 27.7 Å². The minimum atomic E-state index is -0.453. The van der Waals surface area contributed by atoms with Gasteiger partial charge in [-0.2, -0.15) is 5.10 Å². The fourth-order valence-electron chi connectivity index (χ4n) is 1.56. The van der Waals surface area contributed by atoms with Gasteiger partial charge in [-0.1, -0.05) is 0 Å². The first kappa shape index (κ1) is 12.1. The molecule has 0 aliphatic carbocycles. The molecule has 18 heavy (non-hydrogen) atoms. The average molecular weight is 250 g/mol. The average Bonchev–Trinajstić information content (AvgIpc) is 2.75. The number of nitrogens with zero attached hydrogens (tertiary/aromatic N) is 5. The Bertz CT molecular complexity index is 680. The van der Waals surface area contributed by atoms with Crippen molar-refractivity contribution in [1.29, 1.82) is 0 Å². The number of anilines is 1. The molecule has 96 valence electrons. The minimum absolute atomic E-state index is 0.140. The van der Waals surface area contributed by atoms with E-state index in [9.17, 15) is 9.59 Å². The highest BCUT2D eigenvalue weighted by Crippen LogP contribution is 1.99. The quantitative estimate of drug-likeness (QED) is 0.741. The fourth-order valence-corrected chi connectivity index (χ4v) is 1.56. The second-order valence-electron chi connectivity index (χ2n) is 3.92. The molecule has 0 aromatic carbocycles. The van der Waals surface area contributed by atoms with Gasteiger partial charge in [0, 0.05) is 27.3 Å². The number of aromatic nitrogens is 5. The van der Waals surface area contributed by atoms with Crippen LogP contribution in [0.4, 0.5) is 5.82 Å². The summed E-state index contributed by atoms with van der Waals surface area (Å²) < 4.78 is 3.82. The molecule has 0 unspecified atom stereocenters. The van der Waals surface area contributed by atoms with Crippen LogP contribution < -0.4 is 16.6 Å². The third-order valence-corrected chi connectivity index (χ3v) is 2.68. The molecular formula is C10H14N6O2. The smallest absolute Gasteiger partial charge is 0.346 e. The molecule has 2 aromatic rings. The standard InChI is InChI=1S/C10H14N6O2/c1-14-9(17)8(13-16(3)10(14)18)11-6-7-4-5-12-15(7)2/h4-5H,6H2,1-3H3,(H,11,13). The van der Waals surface area contributed by atoms with Crippen LogP contribution in [0.2, 0.25) is 0 Å². The van der Waals surface area contributed by atoms with Gasteiger partial charge in [0.05, 0.1) is 12.2 Å². The van der Waals surface area contributed by atoms with Crippen molar-refractivity contribution in [2.75, 3.05) is 5.32 Å². The largest absolute Gasteiger partial charge is 0.358 e. The molecule has 0 radical (unpaired) electrons. The van der Waals surface area contributed by atoms with Gasteiger partial charge in [0.1, 0.15) is 0 Å². The fraction of sp³-hybridized carbons (Fsp3) is 0.400. The number of rotatable bonds is 3. The van der Waals surface area contributed by atoms with Crippen LogP contribution in [0.15, 0.2) is 21.9 Å². The summed E-state index contributed by atoms with van der Waals surface area (Å²) in [7, 11) is 4.72. The molecule has 0 amide bonds.